The van der Waals surface area contributed by atoms with E-state index < -0.39 is 0 Å². The van der Waals surface area contributed by atoms with Crippen molar-refractivity contribution in [2.45, 2.75) is 13.3 Å². The predicted molar refractivity (Wildman–Crippen MR) is 72.5 cm³/mol. The lowest BCUT2D eigenvalue weighted by atomic mass is 9.98. The summed E-state index contributed by atoms with van der Waals surface area (Å²) in [6.07, 6.45) is 0.986. The smallest absolute Gasteiger partial charge is 0.119 e. The van der Waals surface area contributed by atoms with Crippen molar-refractivity contribution in [1.82, 2.24) is 0 Å². The molecule has 0 unspecified atom stereocenters. The Morgan fingerprint density at radius 3 is 2.67 bits per heavy atom. The Morgan fingerprint density at radius 2 is 2.00 bits per heavy atom. The number of nitrogens with zero attached hydrogens (tertiary/aromatic N) is 1. The van der Waals surface area contributed by atoms with Gasteiger partial charge in [-0.2, -0.15) is 5.26 Å². The first-order valence-electron chi connectivity index (χ1n) is 5.96. The second-order valence-electron chi connectivity index (χ2n) is 4.08. The first kappa shape index (κ1) is 12.2. The zero-order valence-electron chi connectivity index (χ0n) is 10.6. The monoisotopic (exact) mass is 237 g/mol. The molecule has 0 aromatic heterocycles. The van der Waals surface area contributed by atoms with Crippen LogP contribution in [0, 0.1) is 11.3 Å². The van der Waals surface area contributed by atoms with Gasteiger partial charge in [-0.25, -0.2) is 0 Å². The SMILES string of the molecule is CCc1cccc(-c2cc(OC)ccc2C#N)c1. The Labute approximate surface area is 107 Å². The van der Waals surface area contributed by atoms with E-state index in [0.29, 0.717) is 5.56 Å². The molecule has 0 radical (unpaired) electrons. The molecule has 2 rings (SSSR count). The van der Waals surface area contributed by atoms with Crippen LogP contribution in [-0.4, -0.2) is 7.11 Å². The minimum Gasteiger partial charge on any atom is -0.497 e. The van der Waals surface area contributed by atoms with Gasteiger partial charge in [0.2, 0.25) is 0 Å². The average molecular weight is 237 g/mol. The summed E-state index contributed by atoms with van der Waals surface area (Å²) in [6.45, 7) is 2.12. The van der Waals surface area contributed by atoms with E-state index in [1.54, 1.807) is 13.2 Å². The molecular formula is C16H15NO. The summed E-state index contributed by atoms with van der Waals surface area (Å²) < 4.78 is 5.22. The molecule has 0 heterocycles. The fraction of sp³-hybridized carbons (Fsp3) is 0.188. The van der Waals surface area contributed by atoms with Crippen molar-refractivity contribution < 1.29 is 4.74 Å². The average Bonchev–Trinajstić information content (AvgIpc) is 2.46. The normalized spacial score (nSPS) is 9.83. The van der Waals surface area contributed by atoms with E-state index in [9.17, 15) is 5.26 Å². The standard InChI is InChI=1S/C16H15NO/c1-3-12-5-4-6-13(9-12)16-10-15(18-2)8-7-14(16)11-17/h4-10H,3H2,1-2H3. The molecule has 0 spiro atoms. The third kappa shape index (κ3) is 2.36. The molecule has 2 aromatic carbocycles. The van der Waals surface area contributed by atoms with Gasteiger partial charge >= 0.3 is 0 Å². The highest BCUT2D eigenvalue weighted by molar-refractivity contribution is 5.72. The van der Waals surface area contributed by atoms with Gasteiger partial charge in [-0.3, -0.25) is 0 Å². The molecule has 0 saturated carbocycles. The summed E-state index contributed by atoms with van der Waals surface area (Å²) in [4.78, 5) is 0. The third-order valence-electron chi connectivity index (χ3n) is 2.99. The van der Waals surface area contributed by atoms with Crippen LogP contribution in [0.1, 0.15) is 18.1 Å². The van der Waals surface area contributed by atoms with Gasteiger partial charge in [0.05, 0.1) is 18.7 Å². The van der Waals surface area contributed by atoms with Crippen LogP contribution >= 0.6 is 0 Å². The lowest BCUT2D eigenvalue weighted by Gasteiger charge is -2.08. The van der Waals surface area contributed by atoms with Crippen molar-refractivity contribution in [2.75, 3.05) is 7.11 Å². The van der Waals surface area contributed by atoms with Crippen LogP contribution in [0.2, 0.25) is 0 Å². The quantitative estimate of drug-likeness (QED) is 0.813. The molecule has 0 bridgehead atoms. The van der Waals surface area contributed by atoms with Gasteiger partial charge in [0, 0.05) is 5.56 Å². The van der Waals surface area contributed by atoms with Crippen molar-refractivity contribution in [3.63, 3.8) is 0 Å². The third-order valence-corrected chi connectivity index (χ3v) is 2.99. The predicted octanol–water partition coefficient (Wildman–Crippen LogP) is 3.80. The highest BCUT2D eigenvalue weighted by atomic mass is 16.5. The molecule has 90 valence electrons. The molecule has 2 nitrogen and oxygen atoms in total. The summed E-state index contributed by atoms with van der Waals surface area (Å²) in [5.74, 6) is 0.769. The van der Waals surface area contributed by atoms with Gasteiger partial charge in [-0.1, -0.05) is 31.2 Å². The second-order valence-corrected chi connectivity index (χ2v) is 4.08. The van der Waals surface area contributed by atoms with Crippen LogP contribution in [0.3, 0.4) is 0 Å². The summed E-state index contributed by atoms with van der Waals surface area (Å²) in [7, 11) is 1.63. The largest absolute Gasteiger partial charge is 0.497 e. The second kappa shape index (κ2) is 5.37. The molecule has 0 amide bonds. The summed E-state index contributed by atoms with van der Waals surface area (Å²) in [5, 5.41) is 9.18. The number of hydrogen-bond acceptors (Lipinski definition) is 2. The van der Waals surface area contributed by atoms with Crippen molar-refractivity contribution in [2.24, 2.45) is 0 Å². The molecule has 0 aliphatic carbocycles. The van der Waals surface area contributed by atoms with Crippen LogP contribution in [-0.2, 0) is 6.42 Å². The van der Waals surface area contributed by atoms with E-state index in [1.165, 1.54) is 5.56 Å². The van der Waals surface area contributed by atoms with Crippen molar-refractivity contribution in [3.8, 4) is 22.9 Å². The summed E-state index contributed by atoms with van der Waals surface area (Å²) in [5.41, 5.74) is 3.92. The molecule has 0 aliphatic rings. The number of hydrogen-bond donors (Lipinski definition) is 0. The highest BCUT2D eigenvalue weighted by Gasteiger charge is 2.07. The maximum Gasteiger partial charge on any atom is 0.119 e. The van der Waals surface area contributed by atoms with Crippen LogP contribution in [0.15, 0.2) is 42.5 Å². The van der Waals surface area contributed by atoms with E-state index in [4.69, 9.17) is 4.74 Å². The van der Waals surface area contributed by atoms with E-state index in [2.05, 4.69) is 25.1 Å². The minimum atomic E-state index is 0.670. The molecule has 0 aliphatic heterocycles. The number of rotatable bonds is 3. The van der Waals surface area contributed by atoms with Gasteiger partial charge in [0.1, 0.15) is 5.75 Å². The minimum absolute atomic E-state index is 0.670. The highest BCUT2D eigenvalue weighted by Crippen LogP contribution is 2.28. The maximum atomic E-state index is 9.18. The first-order valence-corrected chi connectivity index (χ1v) is 5.96. The van der Waals surface area contributed by atoms with E-state index in [-0.39, 0.29) is 0 Å². The van der Waals surface area contributed by atoms with Gasteiger partial charge in [0.15, 0.2) is 0 Å². The zero-order chi connectivity index (χ0) is 13.0. The Balaban J connectivity index is 2.57. The molecular weight excluding hydrogens is 222 g/mol. The fourth-order valence-corrected chi connectivity index (χ4v) is 1.95. The molecule has 2 aromatic rings. The molecule has 0 N–H and O–H groups in total. The van der Waals surface area contributed by atoms with Crippen molar-refractivity contribution in [1.29, 1.82) is 5.26 Å². The summed E-state index contributed by atoms with van der Waals surface area (Å²) >= 11 is 0. The Hall–Kier alpha value is -2.27. The fourth-order valence-electron chi connectivity index (χ4n) is 1.95. The molecule has 0 fully saturated rings. The van der Waals surface area contributed by atoms with Crippen LogP contribution in [0.25, 0.3) is 11.1 Å². The molecule has 0 saturated heterocycles. The Kier molecular flexibility index (Phi) is 3.64. The molecule has 18 heavy (non-hydrogen) atoms. The van der Waals surface area contributed by atoms with Crippen molar-refractivity contribution >= 4 is 0 Å². The number of benzene rings is 2. The van der Waals surface area contributed by atoms with Gasteiger partial charge in [-0.15, -0.1) is 0 Å². The van der Waals surface area contributed by atoms with Gasteiger partial charge in [-0.05, 0) is 35.7 Å². The Morgan fingerprint density at radius 1 is 1.17 bits per heavy atom. The number of nitriles is 1. The summed E-state index contributed by atoms with van der Waals surface area (Å²) in [6, 6.07) is 16.0. The topological polar surface area (TPSA) is 33.0 Å². The first-order chi connectivity index (χ1) is 8.78. The number of methoxy groups -OCH3 is 1. The maximum absolute atomic E-state index is 9.18. The van der Waals surface area contributed by atoms with Gasteiger partial charge < -0.3 is 4.74 Å². The molecule has 2 heteroatoms. The van der Waals surface area contributed by atoms with Crippen molar-refractivity contribution in [3.05, 3.63) is 53.6 Å². The van der Waals surface area contributed by atoms with Crippen LogP contribution < -0.4 is 4.74 Å². The van der Waals surface area contributed by atoms with Gasteiger partial charge in [0.25, 0.3) is 0 Å². The van der Waals surface area contributed by atoms with E-state index >= 15 is 0 Å². The van der Waals surface area contributed by atoms with E-state index in [0.717, 1.165) is 23.3 Å². The molecule has 0 atom stereocenters. The number of ether oxygens (including phenoxy) is 1. The van der Waals surface area contributed by atoms with Crippen LogP contribution in [0.4, 0.5) is 0 Å². The number of aryl methyl sites for hydroxylation is 1. The van der Waals surface area contributed by atoms with E-state index in [1.807, 2.05) is 24.3 Å². The van der Waals surface area contributed by atoms with Crippen LogP contribution in [0.5, 0.6) is 5.75 Å². The lowest BCUT2D eigenvalue weighted by Crippen LogP contribution is -1.89. The Bertz CT molecular complexity index is 596. The lowest BCUT2D eigenvalue weighted by molar-refractivity contribution is 0.415. The zero-order valence-corrected chi connectivity index (χ0v) is 10.6.